The number of amides is 1. The minimum absolute atomic E-state index is 0.143. The number of carbonyl (C=O) groups excluding carboxylic acids is 1. The Hall–Kier alpha value is -0.570. The summed E-state index contributed by atoms with van der Waals surface area (Å²) in [4.78, 5) is 11.8. The maximum atomic E-state index is 11.8. The molecule has 3 saturated carbocycles. The molecular formula is C15H25NO2. The average Bonchev–Trinajstić information content (AvgIpc) is 2.83. The molecule has 3 aliphatic rings. The van der Waals surface area contributed by atoms with Crippen molar-refractivity contribution in [1.82, 2.24) is 5.32 Å². The van der Waals surface area contributed by atoms with E-state index >= 15 is 0 Å². The number of rotatable bonds is 6. The summed E-state index contributed by atoms with van der Waals surface area (Å²) in [5, 5.41) is 3.10. The van der Waals surface area contributed by atoms with Crippen LogP contribution in [0.1, 0.15) is 45.4 Å². The van der Waals surface area contributed by atoms with E-state index in [9.17, 15) is 4.79 Å². The van der Waals surface area contributed by atoms with Crippen LogP contribution in [-0.4, -0.2) is 25.2 Å². The molecule has 5 atom stereocenters. The van der Waals surface area contributed by atoms with Crippen LogP contribution in [0.25, 0.3) is 0 Å². The Labute approximate surface area is 110 Å². The van der Waals surface area contributed by atoms with Gasteiger partial charge in [-0.3, -0.25) is 4.79 Å². The zero-order chi connectivity index (χ0) is 12.5. The van der Waals surface area contributed by atoms with Gasteiger partial charge in [0.1, 0.15) is 0 Å². The smallest absolute Gasteiger partial charge is 0.225 e. The number of hydrogen-bond acceptors (Lipinski definition) is 2. The monoisotopic (exact) mass is 251 g/mol. The molecule has 1 amide bonds. The van der Waals surface area contributed by atoms with Crippen LogP contribution in [0.4, 0.5) is 0 Å². The molecule has 0 aliphatic heterocycles. The first-order chi connectivity index (χ1) is 8.78. The van der Waals surface area contributed by atoms with E-state index in [2.05, 4.69) is 5.32 Å². The summed E-state index contributed by atoms with van der Waals surface area (Å²) >= 11 is 0. The molecule has 0 aromatic heterocycles. The van der Waals surface area contributed by atoms with Crippen molar-refractivity contribution < 1.29 is 9.53 Å². The molecule has 0 aromatic rings. The first-order valence-corrected chi connectivity index (χ1v) is 7.67. The van der Waals surface area contributed by atoms with Gasteiger partial charge in [0.2, 0.25) is 5.91 Å². The van der Waals surface area contributed by atoms with Crippen LogP contribution in [0, 0.1) is 23.7 Å². The van der Waals surface area contributed by atoms with E-state index in [1.54, 1.807) is 0 Å². The van der Waals surface area contributed by atoms with Crippen molar-refractivity contribution >= 4 is 5.91 Å². The van der Waals surface area contributed by atoms with E-state index in [0.29, 0.717) is 0 Å². The number of ether oxygens (including phenoxy) is 1. The highest BCUT2D eigenvalue weighted by molar-refractivity contribution is 5.81. The van der Waals surface area contributed by atoms with Gasteiger partial charge in [-0.2, -0.15) is 0 Å². The quantitative estimate of drug-likeness (QED) is 0.787. The first-order valence-electron chi connectivity index (χ1n) is 7.67. The zero-order valence-corrected chi connectivity index (χ0v) is 11.4. The van der Waals surface area contributed by atoms with Gasteiger partial charge in [0.25, 0.3) is 0 Å². The summed E-state index contributed by atoms with van der Waals surface area (Å²) in [5.41, 5.74) is 0. The third-order valence-electron chi connectivity index (χ3n) is 5.15. The third kappa shape index (κ3) is 2.56. The molecule has 3 rings (SSSR count). The molecule has 3 fully saturated rings. The van der Waals surface area contributed by atoms with Crippen LogP contribution in [0.3, 0.4) is 0 Å². The summed E-state index contributed by atoms with van der Waals surface area (Å²) in [6.45, 7) is 3.59. The summed E-state index contributed by atoms with van der Waals surface area (Å²) in [7, 11) is 0. The molecule has 0 spiro atoms. The summed E-state index contributed by atoms with van der Waals surface area (Å²) in [6.07, 6.45) is 8.12. The van der Waals surface area contributed by atoms with Gasteiger partial charge in [-0.05, 0) is 56.8 Å². The van der Waals surface area contributed by atoms with Crippen molar-refractivity contribution in [2.75, 3.05) is 13.2 Å². The summed E-state index contributed by atoms with van der Waals surface area (Å²) < 4.78 is 5.45. The Kier molecular flexibility index (Phi) is 3.60. The van der Waals surface area contributed by atoms with Crippen molar-refractivity contribution in [2.24, 2.45) is 23.7 Å². The molecule has 2 bridgehead atoms. The largest absolute Gasteiger partial charge is 0.378 e. The Balaban J connectivity index is 1.32. The van der Waals surface area contributed by atoms with Gasteiger partial charge < -0.3 is 10.1 Å². The molecule has 5 unspecified atom stereocenters. The zero-order valence-electron chi connectivity index (χ0n) is 11.4. The minimum Gasteiger partial charge on any atom is -0.378 e. The molecule has 0 saturated heterocycles. The van der Waals surface area contributed by atoms with Crippen LogP contribution < -0.4 is 5.32 Å². The molecule has 3 nitrogen and oxygen atoms in total. The van der Waals surface area contributed by atoms with Crippen molar-refractivity contribution in [3.63, 3.8) is 0 Å². The molecule has 1 N–H and O–H groups in total. The maximum absolute atomic E-state index is 11.8. The molecule has 18 heavy (non-hydrogen) atoms. The second kappa shape index (κ2) is 5.20. The lowest BCUT2D eigenvalue weighted by molar-refractivity contribution is -0.123. The first kappa shape index (κ1) is 12.5. The second-order valence-electron chi connectivity index (χ2n) is 6.35. The fourth-order valence-electron chi connectivity index (χ4n) is 4.09. The topological polar surface area (TPSA) is 38.3 Å². The maximum Gasteiger partial charge on any atom is 0.225 e. The summed E-state index contributed by atoms with van der Waals surface area (Å²) in [6, 6.07) is 0. The van der Waals surface area contributed by atoms with Crippen LogP contribution in [-0.2, 0) is 9.53 Å². The molecular weight excluding hydrogens is 226 g/mol. The predicted molar refractivity (Wildman–Crippen MR) is 70.1 cm³/mol. The van der Waals surface area contributed by atoms with Crippen molar-refractivity contribution in [2.45, 2.75) is 51.6 Å². The Morgan fingerprint density at radius 2 is 2.17 bits per heavy atom. The molecule has 0 aromatic carbocycles. The van der Waals surface area contributed by atoms with E-state index in [1.807, 2.05) is 6.92 Å². The highest BCUT2D eigenvalue weighted by Gasteiger charge is 2.44. The van der Waals surface area contributed by atoms with Crippen molar-refractivity contribution in [1.29, 1.82) is 0 Å². The lowest BCUT2D eigenvalue weighted by Crippen LogP contribution is -2.29. The number of fused-ring (bicyclic) bond motifs is 2. The Morgan fingerprint density at radius 1 is 1.28 bits per heavy atom. The highest BCUT2D eigenvalue weighted by Crippen LogP contribution is 2.49. The molecule has 0 radical (unpaired) electrons. The number of carbonyl (C=O) groups is 1. The van der Waals surface area contributed by atoms with Crippen LogP contribution in [0.2, 0.25) is 0 Å². The van der Waals surface area contributed by atoms with Crippen molar-refractivity contribution in [3.8, 4) is 0 Å². The standard InChI is InChI=1S/C15H25NO2/c1-2-18-14-9-13(14)15(17)16-6-5-12-8-10-3-4-11(12)7-10/h10-14H,2-9H2,1H3,(H,16,17). The van der Waals surface area contributed by atoms with E-state index in [-0.39, 0.29) is 17.9 Å². The van der Waals surface area contributed by atoms with Crippen LogP contribution >= 0.6 is 0 Å². The molecule has 102 valence electrons. The third-order valence-corrected chi connectivity index (χ3v) is 5.15. The fourth-order valence-corrected chi connectivity index (χ4v) is 4.09. The predicted octanol–water partition coefficient (Wildman–Crippen LogP) is 2.35. The van der Waals surface area contributed by atoms with E-state index in [1.165, 1.54) is 32.1 Å². The van der Waals surface area contributed by atoms with E-state index < -0.39 is 0 Å². The number of hydrogen-bond donors (Lipinski definition) is 1. The molecule has 3 heteroatoms. The van der Waals surface area contributed by atoms with Gasteiger partial charge >= 0.3 is 0 Å². The van der Waals surface area contributed by atoms with Gasteiger partial charge in [-0.15, -0.1) is 0 Å². The Bertz CT molecular complexity index is 318. The van der Waals surface area contributed by atoms with Gasteiger partial charge in [-0.1, -0.05) is 6.42 Å². The molecule has 3 aliphatic carbocycles. The van der Waals surface area contributed by atoms with Crippen molar-refractivity contribution in [3.05, 3.63) is 0 Å². The minimum atomic E-state index is 0.143. The van der Waals surface area contributed by atoms with Crippen LogP contribution in [0.15, 0.2) is 0 Å². The number of nitrogens with one attached hydrogen (secondary N) is 1. The SMILES string of the molecule is CCOC1CC1C(=O)NCCC1CC2CCC1C2. The Morgan fingerprint density at radius 3 is 2.83 bits per heavy atom. The average molecular weight is 251 g/mol. The molecule has 0 heterocycles. The lowest BCUT2D eigenvalue weighted by Gasteiger charge is -2.21. The lowest BCUT2D eigenvalue weighted by atomic mass is 9.86. The van der Waals surface area contributed by atoms with Gasteiger partial charge in [0.05, 0.1) is 12.0 Å². The van der Waals surface area contributed by atoms with E-state index in [0.717, 1.165) is 37.3 Å². The van der Waals surface area contributed by atoms with Gasteiger partial charge in [0.15, 0.2) is 0 Å². The fraction of sp³-hybridized carbons (Fsp3) is 0.933. The summed E-state index contributed by atoms with van der Waals surface area (Å²) in [5.74, 6) is 3.25. The van der Waals surface area contributed by atoms with Crippen LogP contribution in [0.5, 0.6) is 0 Å². The van der Waals surface area contributed by atoms with Gasteiger partial charge in [0, 0.05) is 13.2 Å². The normalized spacial score (nSPS) is 41.1. The second-order valence-corrected chi connectivity index (χ2v) is 6.35. The highest BCUT2D eigenvalue weighted by atomic mass is 16.5. The van der Waals surface area contributed by atoms with E-state index in [4.69, 9.17) is 4.74 Å². The van der Waals surface area contributed by atoms with Gasteiger partial charge in [-0.25, -0.2) is 0 Å².